The lowest BCUT2D eigenvalue weighted by Crippen LogP contribution is -2.42. The molecule has 7 rings (SSSR count). The number of aromatic nitrogens is 6. The predicted molar refractivity (Wildman–Crippen MR) is 237 cm³/mol. The van der Waals surface area contributed by atoms with Gasteiger partial charge in [0.2, 0.25) is 0 Å². The first-order valence-corrected chi connectivity index (χ1v) is 21.2. The first-order valence-electron chi connectivity index (χ1n) is 21.2. The van der Waals surface area contributed by atoms with Crippen molar-refractivity contribution in [1.29, 1.82) is 0 Å². The van der Waals surface area contributed by atoms with Crippen molar-refractivity contribution >= 4 is 52.4 Å². The number of methoxy groups -OCH3 is 1. The second kappa shape index (κ2) is 19.6. The number of carbonyl (C=O) groups excluding carboxylic acids is 2. The maximum Gasteiger partial charge on any atom is 0.349 e. The monoisotopic (exact) mass is 851 g/mol. The number of ether oxygens (including phenoxy) is 3. The number of fused-ring (bicyclic) bond motifs is 4. The van der Waals surface area contributed by atoms with Crippen molar-refractivity contribution < 1.29 is 23.8 Å². The molecule has 62 heavy (non-hydrogen) atoms. The number of unbranched alkanes of at least 4 members (excludes halogenated alkanes) is 3. The summed E-state index contributed by atoms with van der Waals surface area (Å²) >= 11 is 0. The van der Waals surface area contributed by atoms with Gasteiger partial charge in [-0.05, 0) is 115 Å². The number of hydrogen-bond donors (Lipinski definition) is 3. The Kier molecular flexibility index (Phi) is 14.4. The van der Waals surface area contributed by atoms with Gasteiger partial charge in [-0.15, -0.1) is 0 Å². The molecule has 1 saturated carbocycles. The van der Waals surface area contributed by atoms with Crippen molar-refractivity contribution in [2.24, 2.45) is 4.99 Å². The topological polar surface area (TPSA) is 216 Å². The summed E-state index contributed by atoms with van der Waals surface area (Å²) in [6.45, 7) is 17.3. The predicted octanol–water partition coefficient (Wildman–Crippen LogP) is 4.93. The molecule has 0 amide bonds. The molecule has 3 N–H and O–H groups in total. The molecule has 0 atom stereocenters. The third-order valence-corrected chi connectivity index (χ3v) is 10.5. The molecule has 0 unspecified atom stereocenters. The van der Waals surface area contributed by atoms with Gasteiger partial charge in [-0.2, -0.15) is 4.98 Å². The van der Waals surface area contributed by atoms with Gasteiger partial charge in [0.05, 0.1) is 36.1 Å². The fraction of sp³-hybridized carbons (Fsp3) is 0.489. The molecule has 4 aliphatic rings. The Morgan fingerprint density at radius 2 is 1.56 bits per heavy atom. The normalized spacial score (nSPS) is 13.2. The Bertz CT molecular complexity index is 2710. The van der Waals surface area contributed by atoms with Crippen LogP contribution >= 0.6 is 0 Å². The molecule has 2 aromatic carbocycles. The zero-order valence-corrected chi connectivity index (χ0v) is 36.7. The molecule has 1 aliphatic carbocycles. The average molecular weight is 852 g/mol. The van der Waals surface area contributed by atoms with E-state index in [9.17, 15) is 24.0 Å². The number of rotatable bonds is 16. The summed E-state index contributed by atoms with van der Waals surface area (Å²) in [5.41, 5.74) is 5.91. The van der Waals surface area contributed by atoms with Crippen LogP contribution in [0.4, 0.5) is 22.9 Å². The van der Waals surface area contributed by atoms with Gasteiger partial charge in [0.1, 0.15) is 11.1 Å². The fourth-order valence-corrected chi connectivity index (χ4v) is 7.08. The molecule has 4 heterocycles. The summed E-state index contributed by atoms with van der Waals surface area (Å²) in [5, 5.41) is 3.93. The highest BCUT2D eigenvalue weighted by atomic mass is 16.6. The minimum atomic E-state index is -0.713. The van der Waals surface area contributed by atoms with Crippen LogP contribution in [-0.2, 0) is 30.3 Å². The lowest BCUT2D eigenvalue weighted by atomic mass is 10.1. The van der Waals surface area contributed by atoms with Gasteiger partial charge in [0.25, 0.3) is 11.1 Å². The number of nitrogens with one attached hydrogen (secondary N) is 3. The van der Waals surface area contributed by atoms with E-state index in [1.165, 1.54) is 20.0 Å². The SMILES string of the molecule is C=c1nc2c(c(=O)[nH]1)=Nc1cc(C)c(NC3CC3)cc1N2CCCCCCC(=O)OC(C)(C)C.COC(=O)CCCOCCn1c2nc(=O)[nH]c(=O)c-2nc2cc(C)c(C)cc21. The van der Waals surface area contributed by atoms with Crippen LogP contribution in [0.5, 0.6) is 0 Å². The number of H-pyrrole nitrogens is 2. The number of aromatic amines is 2. The van der Waals surface area contributed by atoms with Crippen molar-refractivity contribution in [2.45, 2.75) is 118 Å². The minimum absolute atomic E-state index is 0.112. The van der Waals surface area contributed by atoms with Crippen LogP contribution in [0.25, 0.3) is 29.1 Å². The number of anilines is 3. The second-order valence-electron chi connectivity index (χ2n) is 16.8. The van der Waals surface area contributed by atoms with Gasteiger partial charge in [0, 0.05) is 44.3 Å². The maximum absolute atomic E-state index is 12.6. The molecular formula is C45H57N9O8. The largest absolute Gasteiger partial charge is 0.469 e. The smallest absolute Gasteiger partial charge is 0.349 e. The van der Waals surface area contributed by atoms with E-state index in [0.717, 1.165) is 65.0 Å². The Balaban J connectivity index is 0.000000211. The number of nitrogens with zero attached hydrogens (tertiary/aromatic N) is 6. The van der Waals surface area contributed by atoms with Crippen molar-refractivity contribution in [3.8, 4) is 11.5 Å². The van der Waals surface area contributed by atoms with Crippen LogP contribution in [0.3, 0.4) is 0 Å². The van der Waals surface area contributed by atoms with Gasteiger partial charge in [-0.1, -0.05) is 19.4 Å². The van der Waals surface area contributed by atoms with Crippen molar-refractivity contribution in [3.63, 3.8) is 0 Å². The van der Waals surface area contributed by atoms with Gasteiger partial charge >= 0.3 is 17.6 Å². The molecule has 0 bridgehead atoms. The zero-order chi connectivity index (χ0) is 44.7. The number of hydrogen-bond acceptors (Lipinski definition) is 14. The molecule has 3 aromatic rings. The second-order valence-corrected chi connectivity index (χ2v) is 16.8. The fourth-order valence-electron chi connectivity index (χ4n) is 7.08. The quantitative estimate of drug-likeness (QED) is 0.0683. The average Bonchev–Trinajstić information content (AvgIpc) is 4.02. The molecule has 330 valence electrons. The van der Waals surface area contributed by atoms with Crippen LogP contribution in [0.1, 0.15) is 95.2 Å². The summed E-state index contributed by atoms with van der Waals surface area (Å²) in [4.78, 5) is 84.1. The third-order valence-electron chi connectivity index (χ3n) is 10.5. The van der Waals surface area contributed by atoms with Crippen molar-refractivity contribution in [1.82, 2.24) is 29.5 Å². The number of benzene rings is 2. The molecule has 3 aliphatic heterocycles. The summed E-state index contributed by atoms with van der Waals surface area (Å²) < 4.78 is 17.4. The van der Waals surface area contributed by atoms with E-state index in [-0.39, 0.29) is 29.0 Å². The van der Waals surface area contributed by atoms with Gasteiger partial charge in [0.15, 0.2) is 22.7 Å². The van der Waals surface area contributed by atoms with Crippen LogP contribution in [0.15, 0.2) is 43.6 Å². The molecule has 0 radical (unpaired) electrons. The first kappa shape index (κ1) is 45.3. The standard InChI is InChI=1S/C26H35N5O3.C19H22N4O5/c1-16-14-20-21(15-19(16)29-18-11-12-18)31(24-23(30-20)25(33)28-17(2)27-24)13-9-7-6-8-10-22(32)34-26(3,4)5;1-11-9-13-14(10-12(11)2)23(6-8-28-7-4-5-15(24)27-3)17-16(20-13)18(25)22-19(26)21-17/h14-15,18,29H,2,6-13H2,1,3-5H3,(H,28,33);9-10H,4-8H2,1-3H3,(H,22,25,26). The van der Waals surface area contributed by atoms with Gasteiger partial charge < -0.3 is 34.0 Å². The van der Waals surface area contributed by atoms with Crippen LogP contribution in [0.2, 0.25) is 0 Å². The zero-order valence-electron chi connectivity index (χ0n) is 36.7. The Morgan fingerprint density at radius 3 is 2.29 bits per heavy atom. The molecule has 17 nitrogen and oxygen atoms in total. The number of esters is 2. The lowest BCUT2D eigenvalue weighted by Gasteiger charge is -2.29. The van der Waals surface area contributed by atoms with E-state index >= 15 is 0 Å². The molecule has 0 saturated heterocycles. The van der Waals surface area contributed by atoms with Crippen molar-refractivity contribution in [2.75, 3.05) is 37.1 Å². The molecule has 17 heteroatoms. The molecule has 1 fully saturated rings. The number of carbonyl (C=O) groups is 2. The van der Waals surface area contributed by atoms with E-state index in [2.05, 4.69) is 64.4 Å². The highest BCUT2D eigenvalue weighted by Gasteiger charge is 2.27. The van der Waals surface area contributed by atoms with Gasteiger partial charge in [-0.25, -0.2) is 19.8 Å². The Labute approximate surface area is 359 Å². The van der Waals surface area contributed by atoms with E-state index in [1.807, 2.05) is 52.8 Å². The van der Waals surface area contributed by atoms with E-state index in [0.29, 0.717) is 73.8 Å². The van der Waals surface area contributed by atoms with E-state index < -0.39 is 16.9 Å². The maximum atomic E-state index is 12.6. The van der Waals surface area contributed by atoms with Crippen LogP contribution < -0.4 is 37.9 Å². The third kappa shape index (κ3) is 11.6. The summed E-state index contributed by atoms with van der Waals surface area (Å²) in [6, 6.07) is 8.57. The highest BCUT2D eigenvalue weighted by molar-refractivity contribution is 5.82. The van der Waals surface area contributed by atoms with Crippen molar-refractivity contribution in [3.05, 3.63) is 83.0 Å². The van der Waals surface area contributed by atoms with Crippen LogP contribution in [0, 0.1) is 20.8 Å². The molecule has 0 spiro atoms. The Hall–Kier alpha value is -6.23. The van der Waals surface area contributed by atoms with E-state index in [1.54, 1.807) is 4.57 Å². The lowest BCUT2D eigenvalue weighted by molar-refractivity contribution is -0.155. The summed E-state index contributed by atoms with van der Waals surface area (Å²) in [6.07, 6.45) is 7.25. The first-order chi connectivity index (χ1) is 29.5. The van der Waals surface area contributed by atoms with E-state index in [4.69, 9.17) is 9.47 Å². The summed E-state index contributed by atoms with van der Waals surface area (Å²) in [5.74, 6) is 0.352. The number of aryl methyl sites for hydroxylation is 3. The minimum Gasteiger partial charge on any atom is -0.469 e. The van der Waals surface area contributed by atoms with Crippen LogP contribution in [-0.4, -0.2) is 79.9 Å². The summed E-state index contributed by atoms with van der Waals surface area (Å²) in [7, 11) is 1.35. The Morgan fingerprint density at radius 1 is 0.839 bits per heavy atom. The van der Waals surface area contributed by atoms with Gasteiger partial charge in [-0.3, -0.25) is 24.2 Å². The highest BCUT2D eigenvalue weighted by Crippen LogP contribution is 2.40. The molecular weight excluding hydrogens is 795 g/mol. The molecule has 1 aromatic heterocycles.